The fraction of sp³-hybridized carbons (Fsp3) is 0.667. The average molecular weight is 288 g/mol. The summed E-state index contributed by atoms with van der Waals surface area (Å²) >= 11 is 3.50. The van der Waals surface area contributed by atoms with Gasteiger partial charge in [-0.25, -0.2) is 4.98 Å². The number of nitrogens with zero attached hydrogens (tertiary/aromatic N) is 1. The van der Waals surface area contributed by atoms with Crippen LogP contribution in [0.4, 0.5) is 0 Å². The number of rotatable bonds is 8. The number of carboxylic acid groups (broad SMARTS) is 1. The van der Waals surface area contributed by atoms with Crippen molar-refractivity contribution in [1.29, 1.82) is 0 Å². The first-order chi connectivity index (χ1) is 8.45. The Morgan fingerprint density at radius 3 is 2.94 bits per heavy atom. The van der Waals surface area contributed by atoms with E-state index in [1.165, 1.54) is 4.88 Å². The van der Waals surface area contributed by atoms with E-state index in [1.807, 2.05) is 6.20 Å². The van der Waals surface area contributed by atoms with E-state index in [-0.39, 0.29) is 0 Å². The molecule has 4 nitrogen and oxygen atoms in total. The van der Waals surface area contributed by atoms with Gasteiger partial charge in [-0.2, -0.15) is 11.8 Å². The summed E-state index contributed by atoms with van der Waals surface area (Å²) in [6.07, 6.45) is 4.61. The fourth-order valence-electron chi connectivity index (χ4n) is 1.34. The van der Waals surface area contributed by atoms with E-state index < -0.39 is 11.4 Å². The number of hydrogen-bond acceptors (Lipinski definition) is 5. The Balaban J connectivity index is 2.27. The van der Waals surface area contributed by atoms with Gasteiger partial charge in [0.15, 0.2) is 0 Å². The van der Waals surface area contributed by atoms with E-state index in [1.54, 1.807) is 36.9 Å². The molecule has 0 bridgehead atoms. The van der Waals surface area contributed by atoms with Crippen LogP contribution >= 0.6 is 23.1 Å². The number of nitrogens with one attached hydrogen (secondary N) is 1. The second-order valence-corrected chi connectivity index (χ2v) is 6.83. The van der Waals surface area contributed by atoms with Gasteiger partial charge in [0.2, 0.25) is 0 Å². The Morgan fingerprint density at radius 2 is 2.33 bits per heavy atom. The van der Waals surface area contributed by atoms with Gasteiger partial charge in [-0.15, -0.1) is 11.3 Å². The summed E-state index contributed by atoms with van der Waals surface area (Å²) in [6, 6.07) is 0. The lowest BCUT2D eigenvalue weighted by atomic mass is 9.90. The zero-order valence-electron chi connectivity index (χ0n) is 11.0. The number of thiazole rings is 1. The van der Waals surface area contributed by atoms with Crippen molar-refractivity contribution >= 4 is 29.1 Å². The summed E-state index contributed by atoms with van der Waals surface area (Å²) in [5.74, 6) is 0.254. The normalized spacial score (nSPS) is 11.7. The molecule has 0 aliphatic carbocycles. The van der Waals surface area contributed by atoms with Gasteiger partial charge in [0, 0.05) is 23.4 Å². The van der Waals surface area contributed by atoms with E-state index in [9.17, 15) is 4.79 Å². The first kappa shape index (κ1) is 15.5. The second kappa shape index (κ2) is 7.11. The Labute approximate surface area is 116 Å². The molecule has 2 N–H and O–H groups in total. The number of carbonyl (C=O) groups is 1. The van der Waals surface area contributed by atoms with Crippen LogP contribution in [-0.2, 0) is 17.1 Å². The summed E-state index contributed by atoms with van der Waals surface area (Å²) in [7, 11) is 0. The van der Waals surface area contributed by atoms with Gasteiger partial charge in [0.1, 0.15) is 5.01 Å². The van der Waals surface area contributed by atoms with Crippen LogP contribution in [0.1, 0.15) is 30.2 Å². The summed E-state index contributed by atoms with van der Waals surface area (Å²) in [6.45, 7) is 4.90. The van der Waals surface area contributed by atoms with Crippen LogP contribution in [0.25, 0.3) is 0 Å². The highest BCUT2D eigenvalue weighted by molar-refractivity contribution is 7.97. The van der Waals surface area contributed by atoms with Crippen molar-refractivity contribution in [1.82, 2.24) is 10.3 Å². The van der Waals surface area contributed by atoms with Gasteiger partial charge in [-0.1, -0.05) is 0 Å². The molecular weight excluding hydrogens is 268 g/mol. The number of thioether (sulfide) groups is 1. The maximum absolute atomic E-state index is 10.9. The zero-order valence-corrected chi connectivity index (χ0v) is 12.7. The molecule has 0 aliphatic heterocycles. The third kappa shape index (κ3) is 4.96. The molecule has 0 saturated heterocycles. The maximum atomic E-state index is 10.9. The molecule has 0 fully saturated rings. The molecule has 6 heteroatoms. The predicted octanol–water partition coefficient (Wildman–Crippen LogP) is 2.60. The molecule has 0 atom stereocenters. The van der Waals surface area contributed by atoms with E-state index in [0.717, 1.165) is 17.3 Å². The highest BCUT2D eigenvalue weighted by Gasteiger charge is 2.26. The smallest absolute Gasteiger partial charge is 0.309 e. The van der Waals surface area contributed by atoms with Crippen molar-refractivity contribution in [2.24, 2.45) is 5.41 Å². The maximum Gasteiger partial charge on any atom is 0.309 e. The average Bonchev–Trinajstić information content (AvgIpc) is 2.73. The first-order valence-corrected chi connectivity index (χ1v) is 8.03. The largest absolute Gasteiger partial charge is 0.481 e. The van der Waals surface area contributed by atoms with Gasteiger partial charge in [-0.05, 0) is 33.1 Å². The number of hydrogen-bond donors (Lipinski definition) is 2. The van der Waals surface area contributed by atoms with Gasteiger partial charge >= 0.3 is 5.97 Å². The van der Waals surface area contributed by atoms with Gasteiger partial charge in [0.25, 0.3) is 0 Å². The quantitative estimate of drug-likeness (QED) is 0.720. The molecule has 0 spiro atoms. The highest BCUT2D eigenvalue weighted by Crippen LogP contribution is 2.20. The minimum Gasteiger partial charge on any atom is -0.481 e. The molecule has 0 amide bonds. The zero-order chi connectivity index (χ0) is 13.6. The van der Waals surface area contributed by atoms with E-state index in [2.05, 4.69) is 16.6 Å². The predicted molar refractivity (Wildman–Crippen MR) is 77.1 cm³/mol. The highest BCUT2D eigenvalue weighted by atomic mass is 32.2. The van der Waals surface area contributed by atoms with Crippen LogP contribution in [0, 0.1) is 5.41 Å². The lowest BCUT2D eigenvalue weighted by molar-refractivity contribution is -0.147. The molecular formula is C12H20N2O2S2. The molecule has 18 heavy (non-hydrogen) atoms. The third-order valence-corrected chi connectivity index (χ3v) is 4.45. The molecule has 0 radical (unpaired) electrons. The SMILES string of the molecule is CSCc1cnc(CNCCC(C)(C)C(=O)O)s1. The summed E-state index contributed by atoms with van der Waals surface area (Å²) in [4.78, 5) is 16.5. The van der Waals surface area contributed by atoms with Crippen molar-refractivity contribution in [3.63, 3.8) is 0 Å². The lowest BCUT2D eigenvalue weighted by Crippen LogP contribution is -2.28. The van der Waals surface area contributed by atoms with Crippen LogP contribution in [0.5, 0.6) is 0 Å². The Bertz CT molecular complexity index is 391. The molecule has 1 rings (SSSR count). The molecule has 1 aromatic heterocycles. The van der Waals surface area contributed by atoms with Crippen molar-refractivity contribution in [2.45, 2.75) is 32.6 Å². The van der Waals surface area contributed by atoms with E-state index in [4.69, 9.17) is 5.11 Å². The van der Waals surface area contributed by atoms with Gasteiger partial charge in [-0.3, -0.25) is 4.79 Å². The minimum atomic E-state index is -0.749. The molecule has 0 unspecified atom stereocenters. The van der Waals surface area contributed by atoms with Crippen molar-refractivity contribution in [3.05, 3.63) is 16.1 Å². The van der Waals surface area contributed by atoms with Crippen LogP contribution in [0.3, 0.4) is 0 Å². The van der Waals surface area contributed by atoms with Gasteiger partial charge in [0.05, 0.1) is 5.41 Å². The number of aromatic nitrogens is 1. The van der Waals surface area contributed by atoms with E-state index in [0.29, 0.717) is 13.0 Å². The Hall–Kier alpha value is -0.590. The topological polar surface area (TPSA) is 62.2 Å². The van der Waals surface area contributed by atoms with Crippen molar-refractivity contribution in [3.8, 4) is 0 Å². The second-order valence-electron chi connectivity index (χ2n) is 4.77. The first-order valence-electron chi connectivity index (χ1n) is 5.82. The number of aliphatic carboxylic acids is 1. The van der Waals surface area contributed by atoms with Crippen LogP contribution in [0.2, 0.25) is 0 Å². The van der Waals surface area contributed by atoms with Crippen molar-refractivity contribution < 1.29 is 9.90 Å². The third-order valence-electron chi connectivity index (χ3n) is 2.67. The number of carboxylic acids is 1. The fourth-order valence-corrected chi connectivity index (χ4v) is 2.98. The minimum absolute atomic E-state index is 0.616. The summed E-state index contributed by atoms with van der Waals surface area (Å²) in [5, 5.41) is 13.3. The molecule has 102 valence electrons. The standard InChI is InChI=1S/C12H20N2O2S2/c1-12(2,11(15)16)4-5-13-7-10-14-6-9(18-10)8-17-3/h6,13H,4-5,7-8H2,1-3H3,(H,15,16). The van der Waals surface area contributed by atoms with Gasteiger partial charge < -0.3 is 10.4 Å². The molecule has 0 aliphatic rings. The Kier molecular flexibility index (Phi) is 6.11. The Morgan fingerprint density at radius 1 is 1.61 bits per heavy atom. The lowest BCUT2D eigenvalue weighted by Gasteiger charge is -2.18. The van der Waals surface area contributed by atoms with Crippen LogP contribution in [-0.4, -0.2) is 28.9 Å². The monoisotopic (exact) mass is 288 g/mol. The van der Waals surface area contributed by atoms with E-state index >= 15 is 0 Å². The molecule has 1 heterocycles. The molecule has 0 aromatic carbocycles. The van der Waals surface area contributed by atoms with Crippen LogP contribution in [0.15, 0.2) is 6.20 Å². The van der Waals surface area contributed by atoms with Crippen LogP contribution < -0.4 is 5.32 Å². The molecule has 0 saturated carbocycles. The summed E-state index contributed by atoms with van der Waals surface area (Å²) in [5.41, 5.74) is -0.667. The summed E-state index contributed by atoms with van der Waals surface area (Å²) < 4.78 is 0. The molecule has 1 aromatic rings. The van der Waals surface area contributed by atoms with Crippen molar-refractivity contribution in [2.75, 3.05) is 12.8 Å².